The maximum Gasteiger partial charge on any atom is 0.0877 e. The van der Waals surface area contributed by atoms with E-state index in [1.807, 2.05) is 0 Å². The molecule has 0 spiro atoms. The molecule has 1 nitrogen and oxygen atoms in total. The molecule has 0 aliphatic carbocycles. The van der Waals surface area contributed by atoms with Crippen LogP contribution in [0.15, 0.2) is 0 Å². The topological polar surface area (TPSA) is 17.1 Å². The smallest absolute Gasteiger partial charge is 0.0877 e. The molecule has 0 amide bonds. The second kappa shape index (κ2) is 16.1. The summed E-state index contributed by atoms with van der Waals surface area (Å²) < 4.78 is 12.7. The molecule has 0 saturated heterocycles. The van der Waals surface area contributed by atoms with E-state index >= 15 is 0 Å². The Morgan fingerprint density at radius 3 is 1.18 bits per heavy atom. The lowest BCUT2D eigenvalue weighted by Crippen LogP contribution is -1.99. The van der Waals surface area contributed by atoms with Crippen LogP contribution in [0.4, 0.5) is 0 Å². The van der Waals surface area contributed by atoms with Crippen LogP contribution in [0.25, 0.3) is 0 Å². The zero-order chi connectivity index (χ0) is 16.5. The van der Waals surface area contributed by atoms with Crippen molar-refractivity contribution in [1.82, 2.24) is 0 Å². The molecule has 0 rings (SSSR count). The van der Waals surface area contributed by atoms with Gasteiger partial charge in [0.15, 0.2) is 0 Å². The van der Waals surface area contributed by atoms with Gasteiger partial charge >= 0.3 is 0 Å². The van der Waals surface area contributed by atoms with E-state index in [2.05, 4.69) is 20.8 Å². The molecule has 0 unspecified atom stereocenters. The third-order valence-electron chi connectivity index (χ3n) is 4.68. The molecule has 0 aromatic carbocycles. The molecular formula is C20H43OP. The van der Waals surface area contributed by atoms with Gasteiger partial charge in [-0.15, -0.1) is 0 Å². The quantitative estimate of drug-likeness (QED) is 0.196. The Kier molecular flexibility index (Phi) is 16.3. The van der Waals surface area contributed by atoms with Crippen LogP contribution in [0.2, 0.25) is 0 Å². The average molecular weight is 331 g/mol. The van der Waals surface area contributed by atoms with Gasteiger partial charge in [-0.3, -0.25) is 0 Å². The van der Waals surface area contributed by atoms with E-state index in [-0.39, 0.29) is 0 Å². The highest BCUT2D eigenvalue weighted by Crippen LogP contribution is 2.47. The van der Waals surface area contributed by atoms with Crippen LogP contribution in [0.1, 0.15) is 111 Å². The van der Waals surface area contributed by atoms with Gasteiger partial charge in [0.1, 0.15) is 0 Å². The van der Waals surface area contributed by atoms with Crippen molar-refractivity contribution < 1.29 is 4.57 Å². The van der Waals surface area contributed by atoms with Gasteiger partial charge in [-0.05, 0) is 19.3 Å². The van der Waals surface area contributed by atoms with Crippen LogP contribution in [0, 0.1) is 0 Å². The third kappa shape index (κ3) is 13.9. The molecule has 2 heteroatoms. The average Bonchev–Trinajstić information content (AvgIpc) is 2.49. The minimum Gasteiger partial charge on any atom is -0.324 e. The zero-order valence-electron chi connectivity index (χ0n) is 15.9. The maximum absolute atomic E-state index is 12.7. The molecule has 134 valence electrons. The van der Waals surface area contributed by atoms with Crippen LogP contribution < -0.4 is 0 Å². The minimum atomic E-state index is -1.80. The van der Waals surface area contributed by atoms with Crippen LogP contribution >= 0.6 is 7.14 Å². The summed E-state index contributed by atoms with van der Waals surface area (Å²) in [7, 11) is -1.80. The Morgan fingerprint density at radius 1 is 0.455 bits per heavy atom. The van der Waals surface area contributed by atoms with E-state index in [1.165, 1.54) is 77.0 Å². The summed E-state index contributed by atoms with van der Waals surface area (Å²) in [6.45, 7) is 6.62. The molecule has 0 aliphatic rings. The van der Waals surface area contributed by atoms with Crippen molar-refractivity contribution in [3.63, 3.8) is 0 Å². The maximum atomic E-state index is 12.7. The van der Waals surface area contributed by atoms with Crippen LogP contribution in [0.5, 0.6) is 0 Å². The first-order chi connectivity index (χ1) is 10.7. The lowest BCUT2D eigenvalue weighted by molar-refractivity contribution is 0.544. The van der Waals surface area contributed by atoms with Crippen molar-refractivity contribution in [2.24, 2.45) is 0 Å². The van der Waals surface area contributed by atoms with Gasteiger partial charge in [0.25, 0.3) is 0 Å². The molecule has 0 radical (unpaired) electrons. The second-order valence-electron chi connectivity index (χ2n) is 7.12. The summed E-state index contributed by atoms with van der Waals surface area (Å²) in [5.74, 6) is 0. The Bertz CT molecular complexity index is 252. The largest absolute Gasteiger partial charge is 0.324 e. The van der Waals surface area contributed by atoms with Crippen molar-refractivity contribution in [2.75, 3.05) is 18.5 Å². The molecule has 0 aromatic heterocycles. The first-order valence-corrected chi connectivity index (χ1v) is 12.5. The van der Waals surface area contributed by atoms with E-state index in [4.69, 9.17) is 0 Å². The van der Waals surface area contributed by atoms with Crippen molar-refractivity contribution >= 4 is 7.14 Å². The van der Waals surface area contributed by atoms with Crippen LogP contribution in [-0.4, -0.2) is 18.5 Å². The number of rotatable bonds is 17. The molecule has 0 saturated carbocycles. The predicted octanol–water partition coefficient (Wildman–Crippen LogP) is 7.87. The summed E-state index contributed by atoms with van der Waals surface area (Å²) in [6, 6.07) is 0. The van der Waals surface area contributed by atoms with Crippen molar-refractivity contribution in [1.29, 1.82) is 0 Å². The highest BCUT2D eigenvalue weighted by Gasteiger charge is 2.18. The van der Waals surface area contributed by atoms with E-state index in [1.54, 1.807) is 0 Å². The van der Waals surface area contributed by atoms with Gasteiger partial charge in [0.2, 0.25) is 0 Å². The molecule has 0 aliphatic heterocycles. The normalized spacial score (nSPS) is 12.0. The summed E-state index contributed by atoms with van der Waals surface area (Å²) in [5, 5.41) is 0. The molecular weight excluding hydrogens is 287 g/mol. The zero-order valence-corrected chi connectivity index (χ0v) is 16.8. The summed E-state index contributed by atoms with van der Waals surface area (Å²) >= 11 is 0. The van der Waals surface area contributed by atoms with Gasteiger partial charge in [0.05, 0.1) is 7.14 Å². The monoisotopic (exact) mass is 330 g/mol. The summed E-state index contributed by atoms with van der Waals surface area (Å²) in [5.41, 5.74) is 0. The second-order valence-corrected chi connectivity index (χ2v) is 10.6. The van der Waals surface area contributed by atoms with E-state index in [9.17, 15) is 4.57 Å². The van der Waals surface area contributed by atoms with Crippen LogP contribution in [0.3, 0.4) is 0 Å². The fourth-order valence-electron chi connectivity index (χ4n) is 3.39. The molecule has 0 heterocycles. The molecule has 0 aromatic rings. The highest BCUT2D eigenvalue weighted by molar-refractivity contribution is 7.63. The number of hydrogen-bond acceptors (Lipinski definition) is 1. The van der Waals surface area contributed by atoms with E-state index < -0.39 is 7.14 Å². The number of unbranched alkanes of at least 4 members (excludes halogenated alkanes) is 11. The third-order valence-corrected chi connectivity index (χ3v) is 8.34. The Balaban J connectivity index is 3.36. The highest BCUT2D eigenvalue weighted by atomic mass is 31.2. The molecule has 0 bridgehead atoms. The SMILES string of the molecule is CCCCCCCCCCCCCCP(=O)(CCC)CCC. The van der Waals surface area contributed by atoms with Gasteiger partial charge < -0.3 is 4.57 Å². The Labute approximate surface area is 141 Å². The Morgan fingerprint density at radius 2 is 0.818 bits per heavy atom. The first kappa shape index (κ1) is 22.2. The standard InChI is InChI=1S/C20H43OP/c1-4-7-8-9-10-11-12-13-14-15-16-17-20-22(21,18-5-2)19-6-3/h4-20H2,1-3H3. The van der Waals surface area contributed by atoms with Gasteiger partial charge in [-0.2, -0.15) is 0 Å². The van der Waals surface area contributed by atoms with Crippen molar-refractivity contribution in [3.05, 3.63) is 0 Å². The summed E-state index contributed by atoms with van der Waals surface area (Å²) in [4.78, 5) is 0. The van der Waals surface area contributed by atoms with Crippen molar-refractivity contribution in [3.8, 4) is 0 Å². The minimum absolute atomic E-state index is 0.985. The molecule has 0 fully saturated rings. The summed E-state index contributed by atoms with van der Waals surface area (Å²) in [6.07, 6.45) is 21.8. The molecule has 0 atom stereocenters. The molecule has 22 heavy (non-hydrogen) atoms. The van der Waals surface area contributed by atoms with Gasteiger partial charge in [-0.1, -0.05) is 91.4 Å². The Hall–Kier alpha value is 0.230. The predicted molar refractivity (Wildman–Crippen MR) is 104 cm³/mol. The van der Waals surface area contributed by atoms with Gasteiger partial charge in [0, 0.05) is 18.5 Å². The van der Waals surface area contributed by atoms with Gasteiger partial charge in [-0.25, -0.2) is 0 Å². The van der Waals surface area contributed by atoms with E-state index in [0.29, 0.717) is 0 Å². The molecule has 0 N–H and O–H groups in total. The fraction of sp³-hybridized carbons (Fsp3) is 1.00. The van der Waals surface area contributed by atoms with Crippen molar-refractivity contribution in [2.45, 2.75) is 111 Å². The van der Waals surface area contributed by atoms with Crippen LogP contribution in [-0.2, 0) is 4.57 Å². The lowest BCUT2D eigenvalue weighted by atomic mass is 10.1. The lowest BCUT2D eigenvalue weighted by Gasteiger charge is -2.16. The number of hydrogen-bond donors (Lipinski definition) is 0. The fourth-order valence-corrected chi connectivity index (χ4v) is 6.49. The van der Waals surface area contributed by atoms with E-state index in [0.717, 1.165) is 31.3 Å². The first-order valence-electron chi connectivity index (χ1n) is 10.3.